The number of benzene rings is 2. The summed E-state index contributed by atoms with van der Waals surface area (Å²) < 4.78 is 16.8. The van der Waals surface area contributed by atoms with E-state index >= 15 is 0 Å². The van der Waals surface area contributed by atoms with E-state index in [4.69, 9.17) is 14.2 Å². The van der Waals surface area contributed by atoms with Gasteiger partial charge in [0.25, 0.3) is 0 Å². The number of alkyl carbamates (subject to hydrolysis) is 1. The second-order valence-electron chi connectivity index (χ2n) is 9.28. The molecule has 0 bridgehead atoms. The highest BCUT2D eigenvalue weighted by Crippen LogP contribution is 2.24. The topological polar surface area (TPSA) is 125 Å². The number of amides is 2. The number of carbonyl (C=O) groups excluding carboxylic acids is 4. The molecule has 0 aliphatic heterocycles. The van der Waals surface area contributed by atoms with Crippen LogP contribution in [0.15, 0.2) is 60.8 Å². The SMILES string of the molecule is COC(=O)[C@H](Cc1cn(C(=O)OC(C)(C)C)c2ccccc12)NC(=O)CNC(=O)OCc1ccccc1. The number of ether oxygens (including phenoxy) is 3. The molecule has 0 aliphatic rings. The molecule has 0 unspecified atom stereocenters. The zero-order chi connectivity index (χ0) is 27.0. The van der Waals surface area contributed by atoms with Crippen molar-refractivity contribution in [3.8, 4) is 0 Å². The number of fused-ring (bicyclic) bond motifs is 1. The van der Waals surface area contributed by atoms with Crippen molar-refractivity contribution in [1.82, 2.24) is 15.2 Å². The van der Waals surface area contributed by atoms with Crippen molar-refractivity contribution < 1.29 is 33.4 Å². The Bertz CT molecular complexity index is 1260. The van der Waals surface area contributed by atoms with Crippen LogP contribution in [0, 0.1) is 0 Å². The standard InChI is InChI=1S/C27H31N3O7/c1-27(2,3)37-26(34)30-16-19(20-12-8-9-13-22(20)30)14-21(24(32)35-4)29-23(31)15-28-25(33)36-17-18-10-6-5-7-11-18/h5-13,16,21H,14-15,17H2,1-4H3,(H,28,33)(H,29,31)/t21-/m0/s1. The molecule has 2 N–H and O–H groups in total. The van der Waals surface area contributed by atoms with Crippen molar-refractivity contribution in [3.05, 3.63) is 71.9 Å². The van der Waals surface area contributed by atoms with Crippen molar-refractivity contribution in [2.24, 2.45) is 0 Å². The average Bonchev–Trinajstić information content (AvgIpc) is 3.23. The van der Waals surface area contributed by atoms with Gasteiger partial charge in [0, 0.05) is 18.0 Å². The van der Waals surface area contributed by atoms with Gasteiger partial charge in [-0.15, -0.1) is 0 Å². The van der Waals surface area contributed by atoms with Crippen LogP contribution in [-0.4, -0.2) is 53.9 Å². The van der Waals surface area contributed by atoms with Crippen LogP contribution in [0.2, 0.25) is 0 Å². The third kappa shape index (κ3) is 7.83. The van der Waals surface area contributed by atoms with Gasteiger partial charge in [-0.1, -0.05) is 48.5 Å². The Morgan fingerprint density at radius 3 is 2.32 bits per heavy atom. The van der Waals surface area contributed by atoms with Gasteiger partial charge in [-0.3, -0.25) is 9.36 Å². The number of nitrogens with zero attached hydrogens (tertiary/aromatic N) is 1. The maximum absolute atomic E-state index is 12.8. The first-order valence-electron chi connectivity index (χ1n) is 11.7. The van der Waals surface area contributed by atoms with Crippen molar-refractivity contribution in [2.45, 2.75) is 45.4 Å². The summed E-state index contributed by atoms with van der Waals surface area (Å²) >= 11 is 0. The van der Waals surface area contributed by atoms with E-state index in [1.165, 1.54) is 11.7 Å². The third-order valence-electron chi connectivity index (χ3n) is 5.24. The predicted molar refractivity (Wildman–Crippen MR) is 136 cm³/mol. The number of hydrogen-bond donors (Lipinski definition) is 2. The lowest BCUT2D eigenvalue weighted by Gasteiger charge is -2.19. The Morgan fingerprint density at radius 2 is 1.65 bits per heavy atom. The zero-order valence-electron chi connectivity index (χ0n) is 21.3. The van der Waals surface area contributed by atoms with Crippen molar-refractivity contribution in [3.63, 3.8) is 0 Å². The Kier molecular flexibility index (Phi) is 8.89. The highest BCUT2D eigenvalue weighted by molar-refractivity contribution is 5.93. The lowest BCUT2D eigenvalue weighted by Crippen LogP contribution is -2.47. The number of aromatic nitrogens is 1. The largest absolute Gasteiger partial charge is 0.467 e. The Hall–Kier alpha value is -4.34. The number of rotatable bonds is 8. The number of carbonyl (C=O) groups is 4. The highest BCUT2D eigenvalue weighted by Gasteiger charge is 2.26. The van der Waals surface area contributed by atoms with Crippen LogP contribution in [0.3, 0.4) is 0 Å². The first kappa shape index (κ1) is 27.3. The second-order valence-corrected chi connectivity index (χ2v) is 9.28. The minimum Gasteiger partial charge on any atom is -0.467 e. The van der Waals surface area contributed by atoms with Crippen LogP contribution in [0.5, 0.6) is 0 Å². The van der Waals surface area contributed by atoms with E-state index in [1.54, 1.807) is 51.2 Å². The maximum atomic E-state index is 12.8. The smallest absolute Gasteiger partial charge is 0.419 e. The van der Waals surface area contributed by atoms with Gasteiger partial charge in [-0.2, -0.15) is 0 Å². The molecule has 3 rings (SSSR count). The fourth-order valence-corrected chi connectivity index (χ4v) is 3.60. The van der Waals surface area contributed by atoms with E-state index in [0.717, 1.165) is 10.9 Å². The van der Waals surface area contributed by atoms with Crippen molar-refractivity contribution in [2.75, 3.05) is 13.7 Å². The maximum Gasteiger partial charge on any atom is 0.419 e. The molecule has 0 aliphatic carbocycles. The van der Waals surface area contributed by atoms with E-state index < -0.39 is 42.3 Å². The Balaban J connectivity index is 1.67. The number of methoxy groups -OCH3 is 1. The van der Waals surface area contributed by atoms with E-state index in [1.807, 2.05) is 30.3 Å². The molecule has 0 saturated heterocycles. The molecule has 10 nitrogen and oxygen atoms in total. The number of esters is 1. The summed E-state index contributed by atoms with van der Waals surface area (Å²) in [5.41, 5.74) is 1.34. The molecule has 10 heteroatoms. The first-order valence-corrected chi connectivity index (χ1v) is 11.7. The summed E-state index contributed by atoms with van der Waals surface area (Å²) in [6.07, 6.45) is 0.300. The van der Waals surface area contributed by atoms with Gasteiger partial charge < -0.3 is 24.8 Å². The molecule has 37 heavy (non-hydrogen) atoms. The molecular formula is C27H31N3O7. The van der Waals surface area contributed by atoms with Gasteiger partial charge in [0.2, 0.25) is 5.91 Å². The summed E-state index contributed by atoms with van der Waals surface area (Å²) in [6.45, 7) is 4.96. The van der Waals surface area contributed by atoms with Gasteiger partial charge in [0.1, 0.15) is 24.8 Å². The minimum atomic E-state index is -1.06. The van der Waals surface area contributed by atoms with Gasteiger partial charge in [-0.05, 0) is 38.0 Å². The van der Waals surface area contributed by atoms with Crippen molar-refractivity contribution in [1.29, 1.82) is 0 Å². The summed E-state index contributed by atoms with van der Waals surface area (Å²) in [5, 5.41) is 5.66. The summed E-state index contributed by atoms with van der Waals surface area (Å²) in [7, 11) is 1.21. The number of nitrogens with one attached hydrogen (secondary N) is 2. The fraction of sp³-hybridized carbons (Fsp3) is 0.333. The fourth-order valence-electron chi connectivity index (χ4n) is 3.60. The van der Waals surface area contributed by atoms with Crippen LogP contribution < -0.4 is 10.6 Å². The quantitative estimate of drug-likeness (QED) is 0.351. The van der Waals surface area contributed by atoms with Crippen LogP contribution >= 0.6 is 0 Å². The monoisotopic (exact) mass is 509 g/mol. The molecule has 196 valence electrons. The van der Waals surface area contributed by atoms with E-state index in [-0.39, 0.29) is 13.0 Å². The summed E-state index contributed by atoms with van der Waals surface area (Å²) in [6, 6.07) is 15.2. The Morgan fingerprint density at radius 1 is 0.973 bits per heavy atom. The molecule has 0 spiro atoms. The molecular weight excluding hydrogens is 478 g/mol. The normalized spacial score (nSPS) is 11.9. The Labute approximate surface area is 214 Å². The zero-order valence-corrected chi connectivity index (χ0v) is 21.3. The molecule has 2 amide bonds. The molecule has 1 heterocycles. The van der Waals surface area contributed by atoms with E-state index in [2.05, 4.69) is 10.6 Å². The van der Waals surface area contributed by atoms with Crippen LogP contribution in [0.1, 0.15) is 31.9 Å². The minimum absolute atomic E-state index is 0.0488. The van der Waals surface area contributed by atoms with Gasteiger partial charge >= 0.3 is 18.2 Å². The molecule has 0 fully saturated rings. The summed E-state index contributed by atoms with van der Waals surface area (Å²) in [4.78, 5) is 49.7. The highest BCUT2D eigenvalue weighted by atomic mass is 16.6. The first-order chi connectivity index (χ1) is 17.6. The molecule has 1 aromatic heterocycles. The predicted octanol–water partition coefficient (Wildman–Crippen LogP) is 3.55. The molecule has 1 atom stereocenters. The lowest BCUT2D eigenvalue weighted by atomic mass is 10.0. The average molecular weight is 510 g/mol. The molecule has 2 aromatic carbocycles. The van der Waals surface area contributed by atoms with E-state index in [0.29, 0.717) is 11.1 Å². The molecule has 0 saturated carbocycles. The molecule has 3 aromatic rings. The van der Waals surface area contributed by atoms with E-state index in [9.17, 15) is 19.2 Å². The second kappa shape index (κ2) is 12.1. The number of hydrogen-bond acceptors (Lipinski definition) is 7. The van der Waals surface area contributed by atoms with Crippen LogP contribution in [0.4, 0.5) is 9.59 Å². The third-order valence-corrected chi connectivity index (χ3v) is 5.24. The van der Waals surface area contributed by atoms with Crippen LogP contribution in [-0.2, 0) is 36.8 Å². The lowest BCUT2D eigenvalue weighted by molar-refractivity contribution is -0.144. The van der Waals surface area contributed by atoms with Crippen LogP contribution in [0.25, 0.3) is 10.9 Å². The van der Waals surface area contributed by atoms with Gasteiger partial charge in [0.05, 0.1) is 12.6 Å². The van der Waals surface area contributed by atoms with Gasteiger partial charge in [-0.25, -0.2) is 14.4 Å². The van der Waals surface area contributed by atoms with Crippen molar-refractivity contribution >= 4 is 35.0 Å². The number of para-hydroxylation sites is 1. The molecule has 0 radical (unpaired) electrons. The summed E-state index contributed by atoms with van der Waals surface area (Å²) in [5.74, 6) is -1.28. The van der Waals surface area contributed by atoms with Gasteiger partial charge in [0.15, 0.2) is 0 Å².